The fraction of sp³-hybridized carbons (Fsp3) is 0.933. The van der Waals surface area contributed by atoms with E-state index in [0.29, 0.717) is 12.5 Å². The Labute approximate surface area is 118 Å². The second-order valence-electron chi connectivity index (χ2n) is 5.94. The van der Waals surface area contributed by atoms with E-state index in [4.69, 9.17) is 5.73 Å². The fourth-order valence-corrected chi connectivity index (χ4v) is 2.86. The molecule has 4 heteroatoms. The van der Waals surface area contributed by atoms with Gasteiger partial charge < -0.3 is 11.1 Å². The van der Waals surface area contributed by atoms with E-state index in [1.54, 1.807) is 0 Å². The van der Waals surface area contributed by atoms with Crippen molar-refractivity contribution in [3.63, 3.8) is 0 Å². The third-order valence-electron chi connectivity index (χ3n) is 3.82. The minimum atomic E-state index is 0.170. The van der Waals surface area contributed by atoms with Crippen molar-refractivity contribution >= 4 is 5.91 Å². The third-order valence-corrected chi connectivity index (χ3v) is 3.82. The Hall–Kier alpha value is -0.610. The molecule has 1 amide bonds. The molecule has 1 aliphatic rings. The summed E-state index contributed by atoms with van der Waals surface area (Å²) in [5.41, 5.74) is 5.62. The molecule has 1 fully saturated rings. The van der Waals surface area contributed by atoms with Gasteiger partial charge in [0.25, 0.3) is 0 Å². The summed E-state index contributed by atoms with van der Waals surface area (Å²) in [5.74, 6) is 0.170. The lowest BCUT2D eigenvalue weighted by atomic mass is 9.94. The summed E-state index contributed by atoms with van der Waals surface area (Å²) in [7, 11) is 0. The largest absolute Gasteiger partial charge is 0.354 e. The van der Waals surface area contributed by atoms with Crippen molar-refractivity contribution in [2.45, 2.75) is 70.9 Å². The molecule has 1 aliphatic carbocycles. The van der Waals surface area contributed by atoms with E-state index in [0.717, 1.165) is 26.1 Å². The van der Waals surface area contributed by atoms with Gasteiger partial charge in [-0.05, 0) is 46.2 Å². The van der Waals surface area contributed by atoms with Gasteiger partial charge >= 0.3 is 0 Å². The van der Waals surface area contributed by atoms with Crippen LogP contribution in [-0.2, 0) is 4.79 Å². The van der Waals surface area contributed by atoms with Gasteiger partial charge in [-0.15, -0.1) is 0 Å². The van der Waals surface area contributed by atoms with Crippen LogP contribution in [0.5, 0.6) is 0 Å². The molecular formula is C15H31N3O. The van der Waals surface area contributed by atoms with Crippen molar-refractivity contribution in [3.8, 4) is 0 Å². The molecule has 0 atom stereocenters. The number of nitrogens with one attached hydrogen (secondary N) is 1. The van der Waals surface area contributed by atoms with Gasteiger partial charge in [-0.25, -0.2) is 0 Å². The van der Waals surface area contributed by atoms with E-state index in [2.05, 4.69) is 10.2 Å². The molecule has 0 aliphatic heterocycles. The molecule has 1 saturated carbocycles. The van der Waals surface area contributed by atoms with Gasteiger partial charge in [0.05, 0.1) is 0 Å². The fourth-order valence-electron chi connectivity index (χ4n) is 2.86. The summed E-state index contributed by atoms with van der Waals surface area (Å²) in [6, 6.07) is 0.909. The maximum atomic E-state index is 11.8. The molecule has 0 aromatic rings. The van der Waals surface area contributed by atoms with Crippen LogP contribution in [0.25, 0.3) is 0 Å². The molecule has 3 N–H and O–H groups in total. The van der Waals surface area contributed by atoms with E-state index < -0.39 is 0 Å². The Bertz CT molecular complexity index is 250. The van der Waals surface area contributed by atoms with E-state index in [-0.39, 0.29) is 11.9 Å². The Balaban J connectivity index is 2.37. The number of hydrogen-bond donors (Lipinski definition) is 2. The molecule has 0 unspecified atom stereocenters. The van der Waals surface area contributed by atoms with E-state index in [1.165, 1.54) is 32.1 Å². The number of carbonyl (C=O) groups is 1. The summed E-state index contributed by atoms with van der Waals surface area (Å²) in [5, 5.41) is 2.97. The van der Waals surface area contributed by atoms with Crippen molar-refractivity contribution in [3.05, 3.63) is 0 Å². The number of amides is 1. The van der Waals surface area contributed by atoms with Crippen LogP contribution >= 0.6 is 0 Å². The highest BCUT2D eigenvalue weighted by atomic mass is 16.1. The first-order valence-corrected chi connectivity index (χ1v) is 7.87. The van der Waals surface area contributed by atoms with Crippen LogP contribution in [0.1, 0.15) is 58.8 Å². The zero-order chi connectivity index (χ0) is 14.1. The topological polar surface area (TPSA) is 58.4 Å². The van der Waals surface area contributed by atoms with Crippen molar-refractivity contribution in [2.24, 2.45) is 5.73 Å². The molecule has 0 saturated heterocycles. The predicted octanol–water partition coefficient (Wildman–Crippen LogP) is 1.88. The van der Waals surface area contributed by atoms with Crippen LogP contribution in [0.3, 0.4) is 0 Å². The standard InChI is InChI=1S/C15H31N3O/c1-13(2)17-15(19)9-12-18(11-6-10-16)14-7-4-3-5-8-14/h13-14H,3-12,16H2,1-2H3,(H,17,19). The summed E-state index contributed by atoms with van der Waals surface area (Å²) in [4.78, 5) is 14.2. The van der Waals surface area contributed by atoms with Gasteiger partial charge in [-0.3, -0.25) is 9.69 Å². The summed E-state index contributed by atoms with van der Waals surface area (Å²) in [6.07, 6.45) is 8.26. The number of nitrogens with zero attached hydrogens (tertiary/aromatic N) is 1. The molecule has 0 radical (unpaired) electrons. The predicted molar refractivity (Wildman–Crippen MR) is 80.0 cm³/mol. The van der Waals surface area contributed by atoms with Crippen molar-refractivity contribution in [2.75, 3.05) is 19.6 Å². The number of nitrogens with two attached hydrogens (primary N) is 1. The van der Waals surface area contributed by atoms with E-state index in [1.807, 2.05) is 13.8 Å². The zero-order valence-electron chi connectivity index (χ0n) is 12.7. The number of hydrogen-bond acceptors (Lipinski definition) is 3. The summed E-state index contributed by atoms with van der Waals surface area (Å²) >= 11 is 0. The van der Waals surface area contributed by atoms with Gasteiger partial charge in [0.1, 0.15) is 0 Å². The first kappa shape index (κ1) is 16.4. The Morgan fingerprint density at radius 3 is 2.53 bits per heavy atom. The van der Waals surface area contributed by atoms with Gasteiger partial charge in [0, 0.05) is 25.0 Å². The molecule has 0 bridgehead atoms. The maximum absolute atomic E-state index is 11.8. The highest BCUT2D eigenvalue weighted by Crippen LogP contribution is 2.22. The molecule has 0 aromatic heterocycles. The van der Waals surface area contributed by atoms with Crippen LogP contribution in [0.2, 0.25) is 0 Å². The first-order chi connectivity index (χ1) is 9.13. The average molecular weight is 269 g/mol. The summed E-state index contributed by atoms with van der Waals surface area (Å²) < 4.78 is 0. The van der Waals surface area contributed by atoms with Gasteiger partial charge in [-0.2, -0.15) is 0 Å². The molecule has 0 aromatic carbocycles. The highest BCUT2D eigenvalue weighted by Gasteiger charge is 2.21. The Morgan fingerprint density at radius 1 is 1.26 bits per heavy atom. The SMILES string of the molecule is CC(C)NC(=O)CCN(CCCN)C1CCCCC1. The molecule has 112 valence electrons. The van der Waals surface area contributed by atoms with E-state index in [9.17, 15) is 4.79 Å². The van der Waals surface area contributed by atoms with Crippen LogP contribution < -0.4 is 11.1 Å². The maximum Gasteiger partial charge on any atom is 0.221 e. The van der Waals surface area contributed by atoms with E-state index >= 15 is 0 Å². The van der Waals surface area contributed by atoms with Crippen LogP contribution in [0, 0.1) is 0 Å². The lowest BCUT2D eigenvalue weighted by Gasteiger charge is -2.34. The number of carbonyl (C=O) groups excluding carboxylic acids is 1. The Kier molecular flexibility index (Phi) is 8.07. The van der Waals surface area contributed by atoms with Crippen LogP contribution in [0.4, 0.5) is 0 Å². The second kappa shape index (κ2) is 9.32. The third kappa shape index (κ3) is 6.92. The lowest BCUT2D eigenvalue weighted by Crippen LogP contribution is -2.41. The monoisotopic (exact) mass is 269 g/mol. The molecule has 1 rings (SSSR count). The molecule has 0 spiro atoms. The molecule has 4 nitrogen and oxygen atoms in total. The summed E-state index contributed by atoms with van der Waals surface area (Å²) in [6.45, 7) is 6.66. The van der Waals surface area contributed by atoms with Crippen LogP contribution in [-0.4, -0.2) is 42.5 Å². The quantitative estimate of drug-likeness (QED) is 0.707. The molecule has 19 heavy (non-hydrogen) atoms. The smallest absolute Gasteiger partial charge is 0.221 e. The normalized spacial score (nSPS) is 17.1. The molecule has 0 heterocycles. The minimum Gasteiger partial charge on any atom is -0.354 e. The van der Waals surface area contributed by atoms with Crippen molar-refractivity contribution in [1.29, 1.82) is 0 Å². The second-order valence-corrected chi connectivity index (χ2v) is 5.94. The minimum absolute atomic E-state index is 0.170. The van der Waals surface area contributed by atoms with Crippen molar-refractivity contribution in [1.82, 2.24) is 10.2 Å². The van der Waals surface area contributed by atoms with Crippen LogP contribution in [0.15, 0.2) is 0 Å². The Morgan fingerprint density at radius 2 is 1.95 bits per heavy atom. The number of rotatable bonds is 8. The zero-order valence-corrected chi connectivity index (χ0v) is 12.7. The van der Waals surface area contributed by atoms with Gasteiger partial charge in [0.2, 0.25) is 5.91 Å². The van der Waals surface area contributed by atoms with Gasteiger partial charge in [0.15, 0.2) is 0 Å². The first-order valence-electron chi connectivity index (χ1n) is 7.87. The molecular weight excluding hydrogens is 238 g/mol. The van der Waals surface area contributed by atoms with Crippen molar-refractivity contribution < 1.29 is 4.79 Å². The average Bonchev–Trinajstić information content (AvgIpc) is 2.39. The lowest BCUT2D eigenvalue weighted by molar-refractivity contribution is -0.122. The van der Waals surface area contributed by atoms with Gasteiger partial charge in [-0.1, -0.05) is 19.3 Å². The highest BCUT2D eigenvalue weighted by molar-refractivity contribution is 5.76.